The van der Waals surface area contributed by atoms with E-state index in [0.29, 0.717) is 37.6 Å². The van der Waals surface area contributed by atoms with Crippen LogP contribution in [0.5, 0.6) is 0 Å². The second kappa shape index (κ2) is 20.0. The number of carboxylic acids is 1. The summed E-state index contributed by atoms with van der Waals surface area (Å²) < 4.78 is 31.7. The lowest BCUT2D eigenvalue weighted by molar-refractivity contribution is -0.192. The Hall–Kier alpha value is -3.19. The summed E-state index contributed by atoms with van der Waals surface area (Å²) in [7, 11) is 0. The van der Waals surface area contributed by atoms with Crippen LogP contribution in [-0.4, -0.2) is 70.9 Å². The van der Waals surface area contributed by atoms with Gasteiger partial charge in [-0.25, -0.2) is 4.79 Å². The maximum atomic E-state index is 13.5. The molecule has 0 heterocycles. The number of aliphatic hydroxyl groups is 1. The molecule has 0 bridgehead atoms. The predicted molar refractivity (Wildman–Crippen MR) is 165 cm³/mol. The van der Waals surface area contributed by atoms with Crippen molar-refractivity contribution < 1.29 is 42.6 Å². The highest BCUT2D eigenvalue weighted by molar-refractivity contribution is 5.90. The van der Waals surface area contributed by atoms with Crippen molar-refractivity contribution in [1.82, 2.24) is 16.0 Å². The third-order valence-corrected chi connectivity index (χ3v) is 7.42. The molecule has 0 radical (unpaired) electrons. The summed E-state index contributed by atoms with van der Waals surface area (Å²) >= 11 is 0. The van der Waals surface area contributed by atoms with Gasteiger partial charge >= 0.3 is 12.1 Å². The van der Waals surface area contributed by atoms with Gasteiger partial charge < -0.3 is 31.9 Å². The van der Waals surface area contributed by atoms with Crippen molar-refractivity contribution in [2.75, 3.05) is 6.54 Å². The Balaban J connectivity index is 0.00000129. The van der Waals surface area contributed by atoms with Gasteiger partial charge in [-0.05, 0) is 42.6 Å². The number of hydrogen-bond donors (Lipinski definition) is 6. The van der Waals surface area contributed by atoms with Crippen molar-refractivity contribution in [2.24, 2.45) is 23.5 Å². The zero-order valence-electron chi connectivity index (χ0n) is 26.7. The van der Waals surface area contributed by atoms with Gasteiger partial charge in [-0.15, -0.1) is 0 Å². The Morgan fingerprint density at radius 2 is 1.51 bits per heavy atom. The van der Waals surface area contributed by atoms with Crippen LogP contribution in [0.15, 0.2) is 30.3 Å². The first-order valence-corrected chi connectivity index (χ1v) is 15.6. The highest BCUT2D eigenvalue weighted by Gasteiger charge is 2.38. The SMILES string of the molecule is CC(C)CNC(=O)C[C@H](O)[C@H](CC1CCCCC1)NC(=O)[C@H](CC(C)C)NC(=O)[C@@H](N)Cc1ccccc1.O=C(O)C(F)(F)F. The molecule has 1 fully saturated rings. The molecule has 0 saturated heterocycles. The van der Waals surface area contributed by atoms with Crippen molar-refractivity contribution >= 4 is 23.7 Å². The van der Waals surface area contributed by atoms with Gasteiger partial charge in [0.1, 0.15) is 6.04 Å². The molecule has 13 heteroatoms. The number of carboxylic acid groups (broad SMARTS) is 1. The summed E-state index contributed by atoms with van der Waals surface area (Å²) in [4.78, 5) is 47.7. The minimum absolute atomic E-state index is 0.0759. The third kappa shape index (κ3) is 17.2. The summed E-state index contributed by atoms with van der Waals surface area (Å²) in [6, 6.07) is 7.41. The van der Waals surface area contributed by atoms with E-state index in [2.05, 4.69) is 16.0 Å². The molecule has 256 valence electrons. The molecule has 1 saturated carbocycles. The number of benzene rings is 1. The van der Waals surface area contributed by atoms with Crippen LogP contribution in [0.1, 0.15) is 84.6 Å². The number of rotatable bonds is 15. The van der Waals surface area contributed by atoms with Crippen molar-refractivity contribution in [1.29, 1.82) is 0 Å². The maximum Gasteiger partial charge on any atom is 0.490 e. The van der Waals surface area contributed by atoms with E-state index in [-0.39, 0.29) is 30.1 Å². The van der Waals surface area contributed by atoms with Gasteiger partial charge in [0, 0.05) is 6.54 Å². The van der Waals surface area contributed by atoms with Crippen LogP contribution in [0.3, 0.4) is 0 Å². The second-order valence-corrected chi connectivity index (χ2v) is 12.6. The molecule has 45 heavy (non-hydrogen) atoms. The Bertz CT molecular complexity index is 1050. The molecule has 0 aromatic heterocycles. The lowest BCUT2D eigenvalue weighted by Gasteiger charge is -2.32. The number of halogens is 3. The monoisotopic (exact) mass is 644 g/mol. The average molecular weight is 645 g/mol. The molecule has 2 rings (SSSR count). The highest BCUT2D eigenvalue weighted by atomic mass is 19.4. The van der Waals surface area contributed by atoms with Crippen LogP contribution in [0, 0.1) is 17.8 Å². The molecule has 4 atom stereocenters. The van der Waals surface area contributed by atoms with E-state index in [1.165, 1.54) is 6.42 Å². The lowest BCUT2D eigenvalue weighted by Crippen LogP contribution is -2.56. The van der Waals surface area contributed by atoms with Gasteiger partial charge in [-0.3, -0.25) is 14.4 Å². The smallest absolute Gasteiger partial charge is 0.475 e. The first-order chi connectivity index (χ1) is 21.0. The summed E-state index contributed by atoms with van der Waals surface area (Å²) in [5.41, 5.74) is 7.13. The fourth-order valence-corrected chi connectivity index (χ4v) is 5.04. The van der Waals surface area contributed by atoms with Crippen LogP contribution in [0.4, 0.5) is 13.2 Å². The van der Waals surface area contributed by atoms with E-state index in [1.54, 1.807) is 0 Å². The Kier molecular flexibility index (Phi) is 17.7. The average Bonchev–Trinajstić information content (AvgIpc) is 2.96. The van der Waals surface area contributed by atoms with Crippen molar-refractivity contribution in [3.05, 3.63) is 35.9 Å². The van der Waals surface area contributed by atoms with Crippen molar-refractivity contribution in [3.63, 3.8) is 0 Å². The van der Waals surface area contributed by atoms with Gasteiger partial charge in [0.25, 0.3) is 0 Å². The van der Waals surface area contributed by atoms with E-state index >= 15 is 0 Å². The number of alkyl halides is 3. The summed E-state index contributed by atoms with van der Waals surface area (Å²) in [5, 5.41) is 26.9. The first kappa shape index (κ1) is 39.8. The van der Waals surface area contributed by atoms with Crippen LogP contribution in [-0.2, 0) is 25.6 Å². The second-order valence-electron chi connectivity index (χ2n) is 12.6. The highest BCUT2D eigenvalue weighted by Crippen LogP contribution is 2.28. The van der Waals surface area contributed by atoms with Crippen LogP contribution in [0.25, 0.3) is 0 Å². The van der Waals surface area contributed by atoms with Gasteiger partial charge in [0.15, 0.2) is 0 Å². The number of carbonyl (C=O) groups is 4. The molecular formula is C32H51F3N4O6. The summed E-state index contributed by atoms with van der Waals surface area (Å²) in [6.07, 6.45) is 0.853. The number of aliphatic hydroxyl groups excluding tert-OH is 1. The number of amides is 3. The molecule has 1 aliphatic carbocycles. The number of nitrogens with one attached hydrogen (secondary N) is 3. The van der Waals surface area contributed by atoms with Gasteiger partial charge in [-0.2, -0.15) is 13.2 Å². The van der Waals surface area contributed by atoms with Crippen LogP contribution >= 0.6 is 0 Å². The van der Waals surface area contributed by atoms with Gasteiger partial charge in [-0.1, -0.05) is 90.1 Å². The number of aliphatic carboxylic acids is 1. The zero-order valence-corrected chi connectivity index (χ0v) is 26.7. The molecule has 3 amide bonds. The Morgan fingerprint density at radius 1 is 0.933 bits per heavy atom. The van der Waals surface area contributed by atoms with E-state index in [9.17, 15) is 32.7 Å². The molecule has 7 N–H and O–H groups in total. The molecule has 10 nitrogen and oxygen atoms in total. The van der Waals surface area contributed by atoms with E-state index in [1.807, 2.05) is 58.0 Å². The standard InChI is InChI=1S/C30H50N4O4.C2HF3O2/c1-20(2)15-26(34-29(37)24(31)16-22-11-7-5-8-12-22)30(38)33-25(17-23-13-9-6-10-14-23)27(35)18-28(36)32-19-21(3)4;3-2(4,5)1(6)7/h5,7-8,11-12,20-21,23-27,35H,6,9-10,13-19,31H2,1-4H3,(H,32,36)(H,33,38)(H,34,37);(H,6,7)/t24-,25-,26-,27-;/m0./s1. The lowest BCUT2D eigenvalue weighted by atomic mass is 9.83. The topological polar surface area (TPSA) is 171 Å². The zero-order chi connectivity index (χ0) is 34.2. The Labute approximate surface area is 264 Å². The fraction of sp³-hybridized carbons (Fsp3) is 0.688. The quantitative estimate of drug-likeness (QED) is 0.169. The number of carbonyl (C=O) groups excluding carboxylic acids is 3. The minimum Gasteiger partial charge on any atom is -0.475 e. The largest absolute Gasteiger partial charge is 0.490 e. The number of nitrogens with two attached hydrogens (primary N) is 1. The molecular weight excluding hydrogens is 593 g/mol. The minimum atomic E-state index is -5.08. The summed E-state index contributed by atoms with van der Waals surface area (Å²) in [6.45, 7) is 8.54. The molecule has 0 spiro atoms. The fourth-order valence-electron chi connectivity index (χ4n) is 5.04. The first-order valence-electron chi connectivity index (χ1n) is 15.6. The molecule has 1 aromatic carbocycles. The number of hydrogen-bond acceptors (Lipinski definition) is 6. The predicted octanol–water partition coefficient (Wildman–Crippen LogP) is 3.70. The van der Waals surface area contributed by atoms with Gasteiger partial charge in [0.05, 0.1) is 24.6 Å². The third-order valence-electron chi connectivity index (χ3n) is 7.42. The summed E-state index contributed by atoms with van der Waals surface area (Å²) in [5.74, 6) is -2.86. The molecule has 1 aromatic rings. The van der Waals surface area contributed by atoms with E-state index in [0.717, 1.165) is 31.2 Å². The van der Waals surface area contributed by atoms with E-state index < -0.39 is 36.4 Å². The maximum absolute atomic E-state index is 13.5. The van der Waals surface area contributed by atoms with E-state index in [4.69, 9.17) is 15.6 Å². The molecule has 0 aliphatic heterocycles. The normalized spacial score (nSPS) is 16.5. The van der Waals surface area contributed by atoms with Crippen molar-refractivity contribution in [2.45, 2.75) is 116 Å². The molecule has 0 unspecified atom stereocenters. The van der Waals surface area contributed by atoms with Crippen LogP contribution < -0.4 is 21.7 Å². The Morgan fingerprint density at radius 3 is 2.02 bits per heavy atom. The van der Waals surface area contributed by atoms with Crippen LogP contribution in [0.2, 0.25) is 0 Å². The van der Waals surface area contributed by atoms with Gasteiger partial charge in [0.2, 0.25) is 17.7 Å². The van der Waals surface area contributed by atoms with Crippen molar-refractivity contribution in [3.8, 4) is 0 Å². The molecule has 1 aliphatic rings.